The Morgan fingerprint density at radius 2 is 2.25 bits per heavy atom. The molecule has 0 spiro atoms. The summed E-state index contributed by atoms with van der Waals surface area (Å²) in [5, 5.41) is 3.61. The summed E-state index contributed by atoms with van der Waals surface area (Å²) in [4.78, 5) is 0. The molecule has 86 valence electrons. The molecule has 2 rings (SSSR count). The number of likely N-dealkylation sites (N-methyl/N-ethyl adjacent to an activating group) is 1. The van der Waals surface area contributed by atoms with Crippen LogP contribution in [-0.4, -0.2) is 7.05 Å². The fraction of sp³-hybridized carbons (Fsp3) is 0.385. The first-order valence-electron chi connectivity index (χ1n) is 5.53. The van der Waals surface area contributed by atoms with E-state index in [1.165, 1.54) is 18.1 Å². The molecule has 1 aromatic rings. The van der Waals surface area contributed by atoms with Crippen molar-refractivity contribution in [3.05, 3.63) is 46.3 Å². The summed E-state index contributed by atoms with van der Waals surface area (Å²) in [5.74, 6) is -0.236. The fourth-order valence-corrected chi connectivity index (χ4v) is 2.39. The molecule has 0 radical (unpaired) electrons. The average molecular weight is 240 g/mol. The molecule has 0 saturated carbocycles. The van der Waals surface area contributed by atoms with Gasteiger partial charge in [-0.2, -0.15) is 0 Å². The Hall–Kier alpha value is -0.860. The molecule has 0 amide bonds. The molecule has 0 fully saturated rings. The summed E-state index contributed by atoms with van der Waals surface area (Å²) in [6.45, 7) is 0. The Kier molecular flexibility index (Phi) is 3.62. The van der Waals surface area contributed by atoms with Crippen LogP contribution >= 0.6 is 11.6 Å². The van der Waals surface area contributed by atoms with Crippen LogP contribution in [0.2, 0.25) is 5.02 Å². The molecule has 1 aliphatic rings. The second kappa shape index (κ2) is 4.98. The van der Waals surface area contributed by atoms with Gasteiger partial charge in [-0.3, -0.25) is 0 Å². The summed E-state index contributed by atoms with van der Waals surface area (Å²) < 4.78 is 13.8. The number of rotatable bonds is 3. The summed E-state index contributed by atoms with van der Waals surface area (Å²) in [6.07, 6.45) is 5.52. The predicted molar refractivity (Wildman–Crippen MR) is 65.1 cm³/mol. The molecule has 1 aromatic carbocycles. The van der Waals surface area contributed by atoms with Gasteiger partial charge in [0.1, 0.15) is 5.82 Å². The highest BCUT2D eigenvalue weighted by molar-refractivity contribution is 6.30. The average Bonchev–Trinajstić information content (AvgIpc) is 2.75. The van der Waals surface area contributed by atoms with E-state index in [-0.39, 0.29) is 11.9 Å². The normalized spacial score (nSPS) is 17.3. The molecule has 1 N–H and O–H groups in total. The number of allylic oxidation sites excluding steroid dienone is 1. The molecule has 1 nitrogen and oxygen atoms in total. The van der Waals surface area contributed by atoms with Crippen molar-refractivity contribution in [2.24, 2.45) is 0 Å². The lowest BCUT2D eigenvalue weighted by molar-refractivity contribution is 0.566. The van der Waals surface area contributed by atoms with E-state index < -0.39 is 0 Å². The molecule has 16 heavy (non-hydrogen) atoms. The van der Waals surface area contributed by atoms with E-state index in [9.17, 15) is 4.39 Å². The fourth-order valence-electron chi connectivity index (χ4n) is 2.23. The first-order chi connectivity index (χ1) is 7.72. The zero-order valence-corrected chi connectivity index (χ0v) is 10.0. The van der Waals surface area contributed by atoms with Crippen molar-refractivity contribution >= 4 is 11.6 Å². The highest BCUT2D eigenvalue weighted by Crippen LogP contribution is 2.32. The highest BCUT2D eigenvalue weighted by Gasteiger charge is 2.20. The van der Waals surface area contributed by atoms with Crippen LogP contribution in [0, 0.1) is 5.82 Å². The molecule has 0 saturated heterocycles. The van der Waals surface area contributed by atoms with E-state index in [0.717, 1.165) is 12.8 Å². The number of nitrogens with one attached hydrogen (secondary N) is 1. The lowest BCUT2D eigenvalue weighted by atomic mass is 9.98. The summed E-state index contributed by atoms with van der Waals surface area (Å²) >= 11 is 5.75. The van der Waals surface area contributed by atoms with Gasteiger partial charge in [0.25, 0.3) is 0 Å². The van der Waals surface area contributed by atoms with E-state index in [2.05, 4.69) is 11.4 Å². The van der Waals surface area contributed by atoms with Crippen LogP contribution in [0.25, 0.3) is 0 Å². The van der Waals surface area contributed by atoms with Gasteiger partial charge in [-0.15, -0.1) is 0 Å². The molecule has 1 unspecified atom stereocenters. The minimum Gasteiger partial charge on any atom is -0.310 e. The van der Waals surface area contributed by atoms with Gasteiger partial charge < -0.3 is 5.32 Å². The molecule has 1 aliphatic carbocycles. The van der Waals surface area contributed by atoms with Gasteiger partial charge in [0.15, 0.2) is 0 Å². The Balaban J connectivity index is 2.32. The second-order valence-corrected chi connectivity index (χ2v) is 4.50. The summed E-state index contributed by atoms with van der Waals surface area (Å²) in [5.41, 5.74) is 1.96. The first kappa shape index (κ1) is 11.6. The molecule has 0 bridgehead atoms. The Morgan fingerprint density at radius 1 is 1.44 bits per heavy atom. The largest absolute Gasteiger partial charge is 0.310 e. The number of halogens is 2. The number of benzene rings is 1. The van der Waals surface area contributed by atoms with Gasteiger partial charge >= 0.3 is 0 Å². The zero-order valence-electron chi connectivity index (χ0n) is 9.26. The topological polar surface area (TPSA) is 12.0 Å². The predicted octanol–water partition coefficient (Wildman–Crippen LogP) is 3.85. The number of hydrogen-bond acceptors (Lipinski definition) is 1. The summed E-state index contributed by atoms with van der Waals surface area (Å²) in [7, 11) is 1.86. The highest BCUT2D eigenvalue weighted by atomic mass is 35.5. The smallest absolute Gasteiger partial charge is 0.129 e. The van der Waals surface area contributed by atoms with Gasteiger partial charge in [-0.25, -0.2) is 4.39 Å². The SMILES string of the molecule is CNC(C1=CCCC1)c1ccc(Cl)cc1F. The minimum atomic E-state index is -0.236. The van der Waals surface area contributed by atoms with E-state index >= 15 is 0 Å². The van der Waals surface area contributed by atoms with Crippen LogP contribution in [0.1, 0.15) is 30.9 Å². The molecular formula is C13H15ClFN. The molecule has 1 atom stereocenters. The Bertz CT molecular complexity index is 414. The van der Waals surface area contributed by atoms with Gasteiger partial charge in [0.2, 0.25) is 0 Å². The van der Waals surface area contributed by atoms with E-state index in [4.69, 9.17) is 11.6 Å². The third kappa shape index (κ3) is 2.28. The lowest BCUT2D eigenvalue weighted by Gasteiger charge is -2.19. The minimum absolute atomic E-state index is 0.0141. The van der Waals surface area contributed by atoms with Gasteiger partial charge in [0, 0.05) is 10.6 Å². The molecule has 0 aliphatic heterocycles. The van der Waals surface area contributed by atoms with Crippen molar-refractivity contribution in [3.63, 3.8) is 0 Å². The Labute approximate surface area is 100 Å². The zero-order chi connectivity index (χ0) is 11.5. The summed E-state index contributed by atoms with van der Waals surface area (Å²) in [6, 6.07) is 4.86. The van der Waals surface area contributed by atoms with Crippen molar-refractivity contribution in [2.45, 2.75) is 25.3 Å². The van der Waals surface area contributed by atoms with Crippen LogP contribution < -0.4 is 5.32 Å². The molecule has 3 heteroatoms. The maximum atomic E-state index is 13.8. The van der Waals surface area contributed by atoms with Crippen LogP contribution in [0.4, 0.5) is 4.39 Å². The van der Waals surface area contributed by atoms with E-state index in [0.29, 0.717) is 10.6 Å². The van der Waals surface area contributed by atoms with E-state index in [1.807, 2.05) is 7.05 Å². The van der Waals surface area contributed by atoms with Crippen LogP contribution in [0.3, 0.4) is 0 Å². The van der Waals surface area contributed by atoms with E-state index in [1.54, 1.807) is 12.1 Å². The number of hydrogen-bond donors (Lipinski definition) is 1. The molecule has 0 aromatic heterocycles. The quantitative estimate of drug-likeness (QED) is 0.790. The molecule has 0 heterocycles. The van der Waals surface area contributed by atoms with Crippen LogP contribution in [0.5, 0.6) is 0 Å². The lowest BCUT2D eigenvalue weighted by Crippen LogP contribution is -2.19. The maximum absolute atomic E-state index is 13.8. The van der Waals surface area contributed by atoms with Gasteiger partial charge in [-0.05, 0) is 38.4 Å². The third-order valence-electron chi connectivity index (χ3n) is 3.01. The van der Waals surface area contributed by atoms with Gasteiger partial charge in [-0.1, -0.05) is 29.3 Å². The van der Waals surface area contributed by atoms with Crippen molar-refractivity contribution in [1.82, 2.24) is 5.32 Å². The van der Waals surface area contributed by atoms with Gasteiger partial charge in [0.05, 0.1) is 6.04 Å². The second-order valence-electron chi connectivity index (χ2n) is 4.06. The van der Waals surface area contributed by atoms with Crippen LogP contribution in [0.15, 0.2) is 29.8 Å². The van der Waals surface area contributed by atoms with Crippen molar-refractivity contribution < 1.29 is 4.39 Å². The standard InChI is InChI=1S/C13H15ClFN/c1-16-13(9-4-2-3-5-9)11-7-6-10(14)8-12(11)15/h4,6-8,13,16H,2-3,5H2,1H3. The molecular weight excluding hydrogens is 225 g/mol. The third-order valence-corrected chi connectivity index (χ3v) is 3.24. The van der Waals surface area contributed by atoms with Crippen molar-refractivity contribution in [3.8, 4) is 0 Å². The Morgan fingerprint density at radius 3 is 2.81 bits per heavy atom. The maximum Gasteiger partial charge on any atom is 0.129 e. The monoisotopic (exact) mass is 239 g/mol. The van der Waals surface area contributed by atoms with Crippen molar-refractivity contribution in [1.29, 1.82) is 0 Å². The first-order valence-corrected chi connectivity index (χ1v) is 5.91. The van der Waals surface area contributed by atoms with Crippen LogP contribution in [-0.2, 0) is 0 Å². The van der Waals surface area contributed by atoms with Crippen molar-refractivity contribution in [2.75, 3.05) is 7.05 Å².